The number of anilines is 1. The van der Waals surface area contributed by atoms with Gasteiger partial charge in [-0.25, -0.2) is 9.37 Å². The maximum Gasteiger partial charge on any atom is 0.166 e. The van der Waals surface area contributed by atoms with Crippen LogP contribution in [0, 0.1) is 5.82 Å². The fourth-order valence-corrected chi connectivity index (χ4v) is 2.71. The minimum absolute atomic E-state index is 0.170. The summed E-state index contributed by atoms with van der Waals surface area (Å²) in [4.78, 5) is 8.15. The number of hydrogen-bond acceptors (Lipinski definition) is 5. The largest absolute Gasteiger partial charge is 0.409 e. The van der Waals surface area contributed by atoms with Crippen molar-refractivity contribution in [3.63, 3.8) is 0 Å². The third-order valence-corrected chi connectivity index (χ3v) is 4.33. The number of oxime groups is 1. The van der Waals surface area contributed by atoms with Crippen LogP contribution in [0.2, 0.25) is 0 Å². The molecule has 2 rings (SSSR count). The van der Waals surface area contributed by atoms with Crippen molar-refractivity contribution in [2.45, 2.75) is 19.4 Å². The van der Waals surface area contributed by atoms with Gasteiger partial charge in [0.25, 0.3) is 0 Å². The molecule has 1 saturated heterocycles. The fourth-order valence-electron chi connectivity index (χ4n) is 2.40. The third kappa shape index (κ3) is 3.26. The van der Waals surface area contributed by atoms with Crippen LogP contribution in [0.1, 0.15) is 13.8 Å². The highest BCUT2D eigenvalue weighted by Gasteiger charge is 2.34. The van der Waals surface area contributed by atoms with Crippen molar-refractivity contribution in [3.05, 3.63) is 22.6 Å². The van der Waals surface area contributed by atoms with Crippen LogP contribution in [-0.4, -0.2) is 52.6 Å². The number of aromatic nitrogens is 1. The van der Waals surface area contributed by atoms with Crippen molar-refractivity contribution in [2.24, 2.45) is 10.9 Å². The number of nitrogens with zero attached hydrogens (tertiary/aromatic N) is 4. The summed E-state index contributed by atoms with van der Waals surface area (Å²) < 4.78 is 14.5. The number of hydrogen-bond donors (Lipinski definition) is 2. The van der Waals surface area contributed by atoms with Crippen molar-refractivity contribution in [3.8, 4) is 0 Å². The first-order chi connectivity index (χ1) is 9.86. The van der Waals surface area contributed by atoms with Gasteiger partial charge in [-0.1, -0.05) is 5.16 Å². The van der Waals surface area contributed by atoms with Crippen LogP contribution in [0.4, 0.5) is 10.2 Å². The first-order valence-corrected chi connectivity index (χ1v) is 7.44. The Hall–Kier alpha value is -1.41. The topological polar surface area (TPSA) is 78.0 Å². The molecule has 2 heterocycles. The van der Waals surface area contributed by atoms with Gasteiger partial charge in [0, 0.05) is 36.8 Å². The van der Waals surface area contributed by atoms with Gasteiger partial charge in [-0.3, -0.25) is 4.90 Å². The lowest BCUT2D eigenvalue weighted by Gasteiger charge is -2.43. The highest BCUT2D eigenvalue weighted by molar-refractivity contribution is 9.10. The van der Waals surface area contributed by atoms with Crippen molar-refractivity contribution in [1.29, 1.82) is 0 Å². The summed E-state index contributed by atoms with van der Waals surface area (Å²) in [6.45, 7) is 6.43. The molecule has 0 radical (unpaired) electrons. The van der Waals surface area contributed by atoms with E-state index in [2.05, 4.69) is 31.0 Å². The SMILES string of the molecule is CC(C)(C(N)=NO)N1CCN(c2ncc(Br)cc2F)CC1. The average Bonchev–Trinajstić information content (AvgIpc) is 2.46. The second kappa shape index (κ2) is 6.15. The molecule has 0 aliphatic carbocycles. The van der Waals surface area contributed by atoms with E-state index in [-0.39, 0.29) is 11.7 Å². The van der Waals surface area contributed by atoms with Crippen molar-refractivity contribution in [2.75, 3.05) is 31.1 Å². The van der Waals surface area contributed by atoms with E-state index in [0.717, 1.165) is 0 Å². The lowest BCUT2D eigenvalue weighted by molar-refractivity contribution is 0.160. The van der Waals surface area contributed by atoms with Gasteiger partial charge in [0.1, 0.15) is 0 Å². The van der Waals surface area contributed by atoms with Crippen LogP contribution >= 0.6 is 15.9 Å². The molecule has 6 nitrogen and oxygen atoms in total. The van der Waals surface area contributed by atoms with Gasteiger partial charge in [0.05, 0.1) is 5.54 Å². The maximum absolute atomic E-state index is 13.9. The van der Waals surface area contributed by atoms with E-state index < -0.39 is 5.54 Å². The van der Waals surface area contributed by atoms with Gasteiger partial charge >= 0.3 is 0 Å². The zero-order valence-electron chi connectivity index (χ0n) is 12.1. The van der Waals surface area contributed by atoms with E-state index in [1.165, 1.54) is 6.07 Å². The Bertz CT molecular complexity index is 543. The predicted octanol–water partition coefficient (Wildman–Crippen LogP) is 1.63. The van der Waals surface area contributed by atoms with E-state index in [1.54, 1.807) is 6.20 Å². The van der Waals surface area contributed by atoms with Crippen LogP contribution < -0.4 is 10.6 Å². The Morgan fingerprint density at radius 2 is 2.05 bits per heavy atom. The highest BCUT2D eigenvalue weighted by Crippen LogP contribution is 2.23. The molecule has 0 atom stereocenters. The summed E-state index contributed by atoms with van der Waals surface area (Å²) in [6, 6.07) is 1.41. The molecular formula is C13H19BrFN5O. The molecule has 1 fully saturated rings. The summed E-state index contributed by atoms with van der Waals surface area (Å²) in [5, 5.41) is 12.0. The smallest absolute Gasteiger partial charge is 0.166 e. The molecule has 1 aliphatic rings. The Balaban J connectivity index is 2.07. The summed E-state index contributed by atoms with van der Waals surface area (Å²) in [6.07, 6.45) is 1.59. The van der Waals surface area contributed by atoms with Gasteiger partial charge in [0.2, 0.25) is 0 Å². The molecular weight excluding hydrogens is 341 g/mol. The van der Waals surface area contributed by atoms with Crippen molar-refractivity contribution >= 4 is 27.6 Å². The van der Waals surface area contributed by atoms with Gasteiger partial charge in [-0.2, -0.15) is 0 Å². The van der Waals surface area contributed by atoms with Crippen LogP contribution in [0.5, 0.6) is 0 Å². The molecule has 0 unspecified atom stereocenters. The van der Waals surface area contributed by atoms with Crippen LogP contribution in [0.25, 0.3) is 0 Å². The van der Waals surface area contributed by atoms with Crippen molar-refractivity contribution in [1.82, 2.24) is 9.88 Å². The summed E-state index contributed by atoms with van der Waals surface area (Å²) in [5.74, 6) is 0.192. The van der Waals surface area contributed by atoms with Crippen molar-refractivity contribution < 1.29 is 9.60 Å². The zero-order valence-corrected chi connectivity index (χ0v) is 13.6. The molecule has 8 heteroatoms. The Morgan fingerprint density at radius 1 is 1.43 bits per heavy atom. The maximum atomic E-state index is 13.9. The molecule has 1 aromatic rings. The normalized spacial score (nSPS) is 18.1. The lowest BCUT2D eigenvalue weighted by Crippen LogP contribution is -2.60. The van der Waals surface area contributed by atoms with E-state index in [0.29, 0.717) is 36.5 Å². The highest BCUT2D eigenvalue weighted by atomic mass is 79.9. The molecule has 116 valence electrons. The van der Waals surface area contributed by atoms with Crippen LogP contribution in [-0.2, 0) is 0 Å². The van der Waals surface area contributed by atoms with Gasteiger partial charge in [0.15, 0.2) is 17.5 Å². The number of pyridine rings is 1. The predicted molar refractivity (Wildman–Crippen MR) is 83.2 cm³/mol. The zero-order chi connectivity index (χ0) is 15.6. The second-order valence-corrected chi connectivity index (χ2v) is 6.39. The standard InChI is InChI=1S/C13H19BrFN5O/c1-13(2,12(16)18-21)20-5-3-19(4-6-20)11-10(15)7-9(14)8-17-11/h7-8,21H,3-6H2,1-2H3,(H2,16,18). The Morgan fingerprint density at radius 3 is 2.57 bits per heavy atom. The molecule has 1 aromatic heterocycles. The molecule has 0 bridgehead atoms. The number of rotatable bonds is 3. The minimum atomic E-state index is -0.535. The Labute approximate surface area is 131 Å². The van der Waals surface area contributed by atoms with Crippen LogP contribution in [0.3, 0.4) is 0 Å². The minimum Gasteiger partial charge on any atom is -0.409 e. The molecule has 0 saturated carbocycles. The number of piperazine rings is 1. The molecule has 21 heavy (non-hydrogen) atoms. The van der Waals surface area contributed by atoms with E-state index in [4.69, 9.17) is 10.9 Å². The molecule has 0 amide bonds. The first kappa shape index (κ1) is 16.0. The average molecular weight is 360 g/mol. The van der Waals surface area contributed by atoms with E-state index >= 15 is 0 Å². The summed E-state index contributed by atoms with van der Waals surface area (Å²) in [7, 11) is 0. The number of amidine groups is 1. The van der Waals surface area contributed by atoms with E-state index in [1.807, 2.05) is 18.7 Å². The fraction of sp³-hybridized carbons (Fsp3) is 0.538. The lowest BCUT2D eigenvalue weighted by atomic mass is 10.0. The van der Waals surface area contributed by atoms with Gasteiger partial charge in [-0.15, -0.1) is 0 Å². The second-order valence-electron chi connectivity index (χ2n) is 5.48. The molecule has 0 spiro atoms. The monoisotopic (exact) mass is 359 g/mol. The van der Waals surface area contributed by atoms with Crippen LogP contribution in [0.15, 0.2) is 21.9 Å². The quantitative estimate of drug-likeness (QED) is 0.371. The van der Waals surface area contributed by atoms with E-state index in [9.17, 15) is 4.39 Å². The third-order valence-electron chi connectivity index (χ3n) is 3.89. The Kier molecular flexibility index (Phi) is 4.67. The number of halogens is 2. The summed E-state index contributed by atoms with van der Waals surface area (Å²) >= 11 is 3.20. The summed E-state index contributed by atoms with van der Waals surface area (Å²) in [5.41, 5.74) is 5.20. The molecule has 3 N–H and O–H groups in total. The number of nitrogens with two attached hydrogens (primary N) is 1. The molecule has 1 aliphatic heterocycles. The first-order valence-electron chi connectivity index (χ1n) is 6.65. The molecule has 0 aromatic carbocycles. The van der Waals surface area contributed by atoms with Gasteiger partial charge in [-0.05, 0) is 35.8 Å². The van der Waals surface area contributed by atoms with Gasteiger partial charge < -0.3 is 15.8 Å².